The molecular formula is C10H18N4. The second kappa shape index (κ2) is 4.93. The molecule has 4 nitrogen and oxygen atoms in total. The summed E-state index contributed by atoms with van der Waals surface area (Å²) in [6, 6.07) is 1.97. The molecule has 0 saturated carbocycles. The average molecular weight is 194 g/mol. The number of aromatic nitrogens is 1. The van der Waals surface area contributed by atoms with Gasteiger partial charge in [0.05, 0.1) is 11.9 Å². The minimum atomic E-state index is 0.0586. The number of pyridine rings is 1. The van der Waals surface area contributed by atoms with Crippen LogP contribution in [0, 0.1) is 0 Å². The first-order valence-electron chi connectivity index (χ1n) is 4.81. The zero-order valence-corrected chi connectivity index (χ0v) is 8.48. The van der Waals surface area contributed by atoms with E-state index in [1.807, 2.05) is 13.0 Å². The highest BCUT2D eigenvalue weighted by molar-refractivity contribution is 5.46. The van der Waals surface area contributed by atoms with Gasteiger partial charge in [-0.15, -0.1) is 0 Å². The summed E-state index contributed by atoms with van der Waals surface area (Å²) in [6.45, 7) is 2.59. The third kappa shape index (κ3) is 2.43. The maximum Gasteiger partial charge on any atom is 0.0536 e. The van der Waals surface area contributed by atoms with E-state index in [4.69, 9.17) is 17.2 Å². The SMILES string of the molecule is CC(N)C(CCN)c1ccncc1N. The molecule has 0 aliphatic heterocycles. The van der Waals surface area contributed by atoms with Crippen molar-refractivity contribution < 1.29 is 0 Å². The number of nitrogens with two attached hydrogens (primary N) is 3. The minimum Gasteiger partial charge on any atom is -0.397 e. The van der Waals surface area contributed by atoms with E-state index in [0.29, 0.717) is 12.2 Å². The molecule has 0 fully saturated rings. The second-order valence-electron chi connectivity index (χ2n) is 3.55. The molecule has 1 aromatic heterocycles. The van der Waals surface area contributed by atoms with Gasteiger partial charge < -0.3 is 17.2 Å². The van der Waals surface area contributed by atoms with Crippen LogP contribution in [0.15, 0.2) is 18.5 Å². The van der Waals surface area contributed by atoms with Crippen molar-refractivity contribution in [3.63, 3.8) is 0 Å². The van der Waals surface area contributed by atoms with E-state index in [2.05, 4.69) is 4.98 Å². The normalized spacial score (nSPS) is 15.1. The van der Waals surface area contributed by atoms with E-state index < -0.39 is 0 Å². The second-order valence-corrected chi connectivity index (χ2v) is 3.55. The zero-order chi connectivity index (χ0) is 10.6. The molecule has 0 radical (unpaired) electrons. The highest BCUT2D eigenvalue weighted by Gasteiger charge is 2.17. The first kappa shape index (κ1) is 10.9. The van der Waals surface area contributed by atoms with Crippen molar-refractivity contribution in [2.45, 2.75) is 25.3 Å². The summed E-state index contributed by atoms with van der Waals surface area (Å²) in [7, 11) is 0. The van der Waals surface area contributed by atoms with E-state index in [9.17, 15) is 0 Å². The van der Waals surface area contributed by atoms with Crippen LogP contribution in [0.4, 0.5) is 5.69 Å². The summed E-state index contributed by atoms with van der Waals surface area (Å²) in [5.74, 6) is 0.225. The van der Waals surface area contributed by atoms with Gasteiger partial charge in [0, 0.05) is 18.2 Å². The van der Waals surface area contributed by atoms with Gasteiger partial charge in [-0.25, -0.2) is 0 Å². The van der Waals surface area contributed by atoms with Gasteiger partial charge >= 0.3 is 0 Å². The maximum atomic E-state index is 5.89. The molecule has 2 atom stereocenters. The van der Waals surface area contributed by atoms with Crippen molar-refractivity contribution in [1.82, 2.24) is 4.98 Å². The molecule has 6 N–H and O–H groups in total. The lowest BCUT2D eigenvalue weighted by atomic mass is 9.89. The molecule has 4 heteroatoms. The Morgan fingerprint density at radius 1 is 1.50 bits per heavy atom. The molecule has 0 saturated heterocycles. The van der Waals surface area contributed by atoms with Crippen molar-refractivity contribution in [2.24, 2.45) is 11.5 Å². The van der Waals surface area contributed by atoms with E-state index in [0.717, 1.165) is 12.0 Å². The van der Waals surface area contributed by atoms with Crippen molar-refractivity contribution >= 4 is 5.69 Å². The molecule has 0 bridgehead atoms. The van der Waals surface area contributed by atoms with Crippen LogP contribution in [-0.2, 0) is 0 Å². The van der Waals surface area contributed by atoms with E-state index in [1.54, 1.807) is 12.4 Å². The lowest BCUT2D eigenvalue weighted by Gasteiger charge is -2.21. The van der Waals surface area contributed by atoms with Crippen LogP contribution in [0.1, 0.15) is 24.8 Å². The average Bonchev–Trinajstić information content (AvgIpc) is 2.15. The Morgan fingerprint density at radius 2 is 2.21 bits per heavy atom. The van der Waals surface area contributed by atoms with Gasteiger partial charge in [-0.1, -0.05) is 0 Å². The molecule has 0 aliphatic carbocycles. The largest absolute Gasteiger partial charge is 0.397 e. The number of anilines is 1. The predicted molar refractivity (Wildman–Crippen MR) is 58.7 cm³/mol. The molecule has 14 heavy (non-hydrogen) atoms. The van der Waals surface area contributed by atoms with Crippen LogP contribution in [0.3, 0.4) is 0 Å². The Kier molecular flexibility index (Phi) is 3.85. The van der Waals surface area contributed by atoms with Gasteiger partial charge in [0.15, 0.2) is 0 Å². The summed E-state index contributed by atoms with van der Waals surface area (Å²) in [6.07, 6.45) is 4.24. The number of hydrogen-bond donors (Lipinski definition) is 3. The van der Waals surface area contributed by atoms with Gasteiger partial charge in [-0.3, -0.25) is 4.98 Å². The van der Waals surface area contributed by atoms with Gasteiger partial charge in [0.1, 0.15) is 0 Å². The molecule has 0 spiro atoms. The lowest BCUT2D eigenvalue weighted by Crippen LogP contribution is -2.27. The van der Waals surface area contributed by atoms with Crippen molar-refractivity contribution in [1.29, 1.82) is 0 Å². The molecular weight excluding hydrogens is 176 g/mol. The Balaban J connectivity index is 2.93. The Labute approximate surface area is 84.5 Å². The third-order valence-electron chi connectivity index (χ3n) is 2.40. The fourth-order valence-corrected chi connectivity index (χ4v) is 1.64. The Hall–Kier alpha value is -1.13. The summed E-state index contributed by atoms with van der Waals surface area (Å²) in [5.41, 5.74) is 19.0. The van der Waals surface area contributed by atoms with Gasteiger partial charge in [0.25, 0.3) is 0 Å². The monoisotopic (exact) mass is 194 g/mol. The Bertz CT molecular complexity index is 285. The summed E-state index contributed by atoms with van der Waals surface area (Å²) in [4.78, 5) is 3.95. The van der Waals surface area contributed by atoms with E-state index >= 15 is 0 Å². The van der Waals surface area contributed by atoms with Crippen molar-refractivity contribution in [3.8, 4) is 0 Å². The number of rotatable bonds is 4. The van der Waals surface area contributed by atoms with E-state index in [-0.39, 0.29) is 12.0 Å². The summed E-state index contributed by atoms with van der Waals surface area (Å²) in [5, 5.41) is 0. The molecule has 1 rings (SSSR count). The molecule has 1 heterocycles. The van der Waals surface area contributed by atoms with Crippen LogP contribution in [0.5, 0.6) is 0 Å². The molecule has 78 valence electrons. The Morgan fingerprint density at radius 3 is 2.71 bits per heavy atom. The fraction of sp³-hybridized carbons (Fsp3) is 0.500. The maximum absolute atomic E-state index is 5.89. The summed E-state index contributed by atoms with van der Waals surface area (Å²) >= 11 is 0. The van der Waals surface area contributed by atoms with Gasteiger partial charge in [-0.05, 0) is 31.5 Å². The van der Waals surface area contributed by atoms with Crippen LogP contribution in [0.2, 0.25) is 0 Å². The van der Waals surface area contributed by atoms with Gasteiger partial charge in [-0.2, -0.15) is 0 Å². The molecule has 1 aromatic rings. The third-order valence-corrected chi connectivity index (χ3v) is 2.40. The highest BCUT2D eigenvalue weighted by atomic mass is 14.7. The smallest absolute Gasteiger partial charge is 0.0536 e. The predicted octanol–water partition coefficient (Wildman–Crippen LogP) is 0.443. The van der Waals surface area contributed by atoms with Crippen molar-refractivity contribution in [3.05, 3.63) is 24.0 Å². The quantitative estimate of drug-likeness (QED) is 0.648. The number of nitrogens with zero attached hydrogens (tertiary/aromatic N) is 1. The zero-order valence-electron chi connectivity index (χ0n) is 8.48. The van der Waals surface area contributed by atoms with Crippen LogP contribution in [0.25, 0.3) is 0 Å². The van der Waals surface area contributed by atoms with Crippen molar-refractivity contribution in [2.75, 3.05) is 12.3 Å². The first-order valence-corrected chi connectivity index (χ1v) is 4.81. The molecule has 0 amide bonds. The number of nitrogen functional groups attached to an aromatic ring is 1. The molecule has 0 aromatic carbocycles. The standard InChI is InChI=1S/C10H18N4/c1-7(12)8(2-4-11)9-3-5-14-6-10(9)13/h3,5-8H,2,4,11-13H2,1H3. The van der Waals surface area contributed by atoms with E-state index in [1.165, 1.54) is 0 Å². The van der Waals surface area contributed by atoms with Crippen LogP contribution >= 0.6 is 0 Å². The summed E-state index contributed by atoms with van der Waals surface area (Å²) < 4.78 is 0. The minimum absolute atomic E-state index is 0.0586. The fourth-order valence-electron chi connectivity index (χ4n) is 1.64. The van der Waals surface area contributed by atoms with Gasteiger partial charge in [0.2, 0.25) is 0 Å². The van der Waals surface area contributed by atoms with Crippen LogP contribution in [-0.4, -0.2) is 17.6 Å². The highest BCUT2D eigenvalue weighted by Crippen LogP contribution is 2.26. The number of hydrogen-bond acceptors (Lipinski definition) is 4. The molecule has 0 aliphatic rings. The molecule has 2 unspecified atom stereocenters. The topological polar surface area (TPSA) is 91.0 Å². The first-order chi connectivity index (χ1) is 6.66. The van der Waals surface area contributed by atoms with Crippen LogP contribution < -0.4 is 17.2 Å². The lowest BCUT2D eigenvalue weighted by molar-refractivity contribution is 0.537.